The predicted octanol–water partition coefficient (Wildman–Crippen LogP) is 0.723. The molecule has 1 aliphatic heterocycles. The Morgan fingerprint density at radius 1 is 1.47 bits per heavy atom. The minimum Gasteiger partial charge on any atom is -0.351 e. The van der Waals surface area contributed by atoms with Gasteiger partial charge in [-0.05, 0) is 17.7 Å². The zero-order valence-corrected chi connectivity index (χ0v) is 11.9. The maximum Gasteiger partial charge on any atom is 0.290 e. The molecule has 1 N–H and O–H groups in total. The van der Waals surface area contributed by atoms with E-state index in [1.807, 2.05) is 24.3 Å². The number of carbonyl (C=O) groups excluding carboxylic acids is 3. The van der Waals surface area contributed by atoms with Crippen molar-refractivity contribution in [1.82, 2.24) is 10.2 Å². The van der Waals surface area contributed by atoms with E-state index in [9.17, 15) is 14.4 Å². The molecule has 19 heavy (non-hydrogen) atoms. The van der Waals surface area contributed by atoms with Crippen LogP contribution in [0.25, 0.3) is 0 Å². The van der Waals surface area contributed by atoms with Crippen LogP contribution in [0.5, 0.6) is 0 Å². The highest BCUT2D eigenvalue weighted by molar-refractivity contribution is 9.10. The van der Waals surface area contributed by atoms with Gasteiger partial charge >= 0.3 is 0 Å². The molecule has 5 nitrogen and oxygen atoms in total. The third-order valence-corrected chi connectivity index (χ3v) is 3.50. The predicted molar refractivity (Wildman–Crippen MR) is 72.1 cm³/mol. The van der Waals surface area contributed by atoms with Crippen LogP contribution in [0.4, 0.5) is 0 Å². The summed E-state index contributed by atoms with van der Waals surface area (Å²) in [5, 5.41) is 2.68. The second-order valence-electron chi connectivity index (χ2n) is 4.45. The number of nitrogens with one attached hydrogen (secondary N) is 1. The Morgan fingerprint density at radius 2 is 2.21 bits per heavy atom. The van der Waals surface area contributed by atoms with Crippen LogP contribution in [0.15, 0.2) is 28.7 Å². The average Bonchev–Trinajstić information content (AvgIpc) is 2.64. The molecule has 0 aromatic heterocycles. The molecular weight excluding hydrogens is 312 g/mol. The molecular formula is C13H13BrN2O3. The van der Waals surface area contributed by atoms with Gasteiger partial charge in [-0.25, -0.2) is 0 Å². The maximum atomic E-state index is 11.9. The Kier molecular flexibility index (Phi) is 3.99. The third kappa shape index (κ3) is 3.01. The van der Waals surface area contributed by atoms with Crippen molar-refractivity contribution in [2.45, 2.75) is 6.54 Å². The molecule has 1 atom stereocenters. The number of ketones is 1. The van der Waals surface area contributed by atoms with Crippen molar-refractivity contribution in [2.75, 3.05) is 13.6 Å². The summed E-state index contributed by atoms with van der Waals surface area (Å²) in [6.07, 6.45) is 0. The van der Waals surface area contributed by atoms with Crippen molar-refractivity contribution < 1.29 is 14.4 Å². The minimum atomic E-state index is -0.885. The summed E-state index contributed by atoms with van der Waals surface area (Å²) in [6.45, 7) is 0.488. The zero-order chi connectivity index (χ0) is 14.0. The van der Waals surface area contributed by atoms with E-state index in [1.54, 1.807) is 0 Å². The molecule has 1 aromatic carbocycles. The normalized spacial score (nSPS) is 18.8. The number of benzene rings is 1. The van der Waals surface area contributed by atoms with Gasteiger partial charge in [-0.2, -0.15) is 0 Å². The van der Waals surface area contributed by atoms with Crippen molar-refractivity contribution >= 4 is 33.5 Å². The van der Waals surface area contributed by atoms with Gasteiger partial charge in [0.25, 0.3) is 5.91 Å². The molecule has 100 valence electrons. The number of halogens is 1. The highest BCUT2D eigenvalue weighted by atomic mass is 79.9. The van der Waals surface area contributed by atoms with Crippen LogP contribution in [-0.4, -0.2) is 36.1 Å². The number of hydrogen-bond donors (Lipinski definition) is 1. The molecule has 2 amide bonds. The number of amides is 2. The molecule has 0 aliphatic carbocycles. The lowest BCUT2D eigenvalue weighted by molar-refractivity contribution is -0.142. The zero-order valence-electron chi connectivity index (χ0n) is 10.4. The molecule has 0 saturated carbocycles. The van der Waals surface area contributed by atoms with Crippen LogP contribution in [-0.2, 0) is 20.9 Å². The van der Waals surface area contributed by atoms with Crippen LogP contribution in [0.1, 0.15) is 5.56 Å². The van der Waals surface area contributed by atoms with Gasteiger partial charge in [-0.1, -0.05) is 28.1 Å². The topological polar surface area (TPSA) is 66.5 Å². The largest absolute Gasteiger partial charge is 0.351 e. The second kappa shape index (κ2) is 5.52. The molecule has 2 rings (SSSR count). The molecule has 1 unspecified atom stereocenters. The Hall–Kier alpha value is -1.69. The molecule has 0 radical (unpaired) electrons. The van der Waals surface area contributed by atoms with Crippen molar-refractivity contribution in [3.63, 3.8) is 0 Å². The van der Waals surface area contributed by atoms with E-state index in [2.05, 4.69) is 21.2 Å². The molecule has 1 aliphatic rings. The number of carbonyl (C=O) groups is 3. The standard InChI is InChI=1S/C13H13BrN2O3/c1-16-7-10(11(17)13(16)19)12(18)15-6-8-3-2-4-9(14)5-8/h2-5,10H,6-7H2,1H3,(H,15,18). The van der Waals surface area contributed by atoms with Crippen molar-refractivity contribution in [3.8, 4) is 0 Å². The monoisotopic (exact) mass is 324 g/mol. The van der Waals surface area contributed by atoms with E-state index in [0.717, 1.165) is 10.0 Å². The van der Waals surface area contributed by atoms with Crippen LogP contribution in [0, 0.1) is 5.92 Å². The van der Waals surface area contributed by atoms with Gasteiger partial charge in [0, 0.05) is 24.6 Å². The number of likely N-dealkylation sites (tertiary alicyclic amines) is 1. The fraction of sp³-hybridized carbons (Fsp3) is 0.308. The Bertz CT molecular complexity index is 544. The summed E-state index contributed by atoms with van der Waals surface area (Å²) in [7, 11) is 1.52. The fourth-order valence-corrected chi connectivity index (χ4v) is 2.38. The van der Waals surface area contributed by atoms with Gasteiger partial charge < -0.3 is 10.2 Å². The van der Waals surface area contributed by atoms with Gasteiger partial charge in [0.1, 0.15) is 5.92 Å². The SMILES string of the molecule is CN1CC(C(=O)NCc2cccc(Br)c2)C(=O)C1=O. The first-order chi connectivity index (χ1) is 8.99. The quantitative estimate of drug-likeness (QED) is 0.658. The number of hydrogen-bond acceptors (Lipinski definition) is 3. The lowest BCUT2D eigenvalue weighted by atomic mass is 10.1. The van der Waals surface area contributed by atoms with Gasteiger partial charge in [0.15, 0.2) is 0 Å². The van der Waals surface area contributed by atoms with Crippen LogP contribution < -0.4 is 5.32 Å². The lowest BCUT2D eigenvalue weighted by Crippen LogP contribution is -2.35. The summed E-state index contributed by atoms with van der Waals surface area (Å²) < 4.78 is 0.922. The summed E-state index contributed by atoms with van der Waals surface area (Å²) in [4.78, 5) is 36.0. The van der Waals surface area contributed by atoms with E-state index in [1.165, 1.54) is 11.9 Å². The molecule has 1 saturated heterocycles. The summed E-state index contributed by atoms with van der Waals surface area (Å²) in [5.41, 5.74) is 0.924. The van der Waals surface area contributed by atoms with Gasteiger partial charge in [0.05, 0.1) is 0 Å². The maximum absolute atomic E-state index is 11.9. The van der Waals surface area contributed by atoms with E-state index in [-0.39, 0.29) is 6.54 Å². The number of rotatable bonds is 3. The molecule has 0 bridgehead atoms. The molecule has 1 heterocycles. The number of nitrogens with zero attached hydrogens (tertiary/aromatic N) is 1. The summed E-state index contributed by atoms with van der Waals surface area (Å²) in [5.74, 6) is -2.51. The van der Waals surface area contributed by atoms with E-state index in [0.29, 0.717) is 6.54 Å². The highest BCUT2D eigenvalue weighted by Gasteiger charge is 2.41. The first-order valence-electron chi connectivity index (χ1n) is 5.80. The second-order valence-corrected chi connectivity index (χ2v) is 5.37. The number of Topliss-reactive ketones (excluding diaryl/α,β-unsaturated/α-hetero) is 1. The van der Waals surface area contributed by atoms with Crippen molar-refractivity contribution in [3.05, 3.63) is 34.3 Å². The molecule has 1 fully saturated rings. The van der Waals surface area contributed by atoms with Crippen LogP contribution >= 0.6 is 15.9 Å². The van der Waals surface area contributed by atoms with Gasteiger partial charge in [0.2, 0.25) is 11.7 Å². The van der Waals surface area contributed by atoms with E-state index >= 15 is 0 Å². The Balaban J connectivity index is 1.95. The Morgan fingerprint density at radius 3 is 2.79 bits per heavy atom. The lowest BCUT2D eigenvalue weighted by Gasteiger charge is -2.10. The van der Waals surface area contributed by atoms with Crippen molar-refractivity contribution in [2.24, 2.45) is 5.92 Å². The van der Waals surface area contributed by atoms with E-state index < -0.39 is 23.5 Å². The fourth-order valence-electron chi connectivity index (χ4n) is 1.94. The Labute approximate surface area is 119 Å². The van der Waals surface area contributed by atoms with Gasteiger partial charge in [-0.15, -0.1) is 0 Å². The minimum absolute atomic E-state index is 0.155. The highest BCUT2D eigenvalue weighted by Crippen LogP contribution is 2.14. The number of likely N-dealkylation sites (N-methyl/N-ethyl adjacent to an activating group) is 1. The van der Waals surface area contributed by atoms with Crippen LogP contribution in [0.2, 0.25) is 0 Å². The van der Waals surface area contributed by atoms with E-state index in [4.69, 9.17) is 0 Å². The summed E-state index contributed by atoms with van der Waals surface area (Å²) in [6, 6.07) is 7.51. The smallest absolute Gasteiger partial charge is 0.290 e. The summed E-state index contributed by atoms with van der Waals surface area (Å²) >= 11 is 3.34. The first-order valence-corrected chi connectivity index (χ1v) is 6.60. The van der Waals surface area contributed by atoms with Gasteiger partial charge in [-0.3, -0.25) is 14.4 Å². The first kappa shape index (κ1) is 13.7. The average molecular weight is 325 g/mol. The van der Waals surface area contributed by atoms with Crippen LogP contribution in [0.3, 0.4) is 0 Å². The van der Waals surface area contributed by atoms with Crippen molar-refractivity contribution in [1.29, 1.82) is 0 Å². The molecule has 6 heteroatoms. The third-order valence-electron chi connectivity index (χ3n) is 3.00. The molecule has 1 aromatic rings. The molecule has 0 spiro atoms.